The highest BCUT2D eigenvalue weighted by molar-refractivity contribution is 4.97. The van der Waals surface area contributed by atoms with Crippen molar-refractivity contribution >= 4 is 0 Å². The van der Waals surface area contributed by atoms with Crippen molar-refractivity contribution in [1.82, 2.24) is 0 Å². The minimum absolute atomic E-state index is 1.01. The Morgan fingerprint density at radius 1 is 0.760 bits per heavy atom. The first-order valence-corrected chi connectivity index (χ1v) is 12.3. The molecule has 0 radical (unpaired) electrons. The fourth-order valence-electron chi connectivity index (χ4n) is 8.16. The summed E-state index contributed by atoms with van der Waals surface area (Å²) in [6, 6.07) is 0. The van der Waals surface area contributed by atoms with Crippen LogP contribution in [0.4, 0.5) is 0 Å². The first kappa shape index (κ1) is 18.4. The molecule has 0 aromatic carbocycles. The van der Waals surface area contributed by atoms with E-state index in [1.807, 2.05) is 0 Å². The van der Waals surface area contributed by atoms with Gasteiger partial charge in [-0.05, 0) is 79.4 Å². The fourth-order valence-corrected chi connectivity index (χ4v) is 8.16. The highest BCUT2D eigenvalue weighted by atomic mass is 14.5. The summed E-state index contributed by atoms with van der Waals surface area (Å²) < 4.78 is 0. The quantitative estimate of drug-likeness (QED) is 0.460. The molecule has 0 saturated heterocycles. The third kappa shape index (κ3) is 3.98. The van der Waals surface area contributed by atoms with Crippen molar-refractivity contribution in [3.63, 3.8) is 0 Å². The molecular formula is C25H44. The minimum Gasteiger partial charge on any atom is -0.0654 e. The molecule has 0 amide bonds. The van der Waals surface area contributed by atoms with Crippen molar-refractivity contribution < 1.29 is 0 Å². The zero-order chi connectivity index (χ0) is 17.2. The van der Waals surface area contributed by atoms with Crippen LogP contribution in [-0.4, -0.2) is 0 Å². The monoisotopic (exact) mass is 344 g/mol. The smallest absolute Gasteiger partial charge is 0.0349 e. The summed E-state index contributed by atoms with van der Waals surface area (Å²) in [7, 11) is 0. The molecule has 144 valence electrons. The maximum Gasteiger partial charge on any atom is -0.0349 e. The van der Waals surface area contributed by atoms with E-state index in [1.54, 1.807) is 77.0 Å². The molecule has 7 atom stereocenters. The summed E-state index contributed by atoms with van der Waals surface area (Å²) >= 11 is 0. The molecule has 4 aliphatic carbocycles. The Hall–Kier alpha value is 0. The number of rotatable bonds is 6. The Labute approximate surface area is 157 Å². The van der Waals surface area contributed by atoms with Crippen LogP contribution in [0.2, 0.25) is 0 Å². The van der Waals surface area contributed by atoms with Crippen LogP contribution >= 0.6 is 0 Å². The van der Waals surface area contributed by atoms with E-state index in [2.05, 4.69) is 13.8 Å². The van der Waals surface area contributed by atoms with Crippen LogP contribution in [0.5, 0.6) is 0 Å². The van der Waals surface area contributed by atoms with Crippen LogP contribution in [0.15, 0.2) is 0 Å². The lowest BCUT2D eigenvalue weighted by Gasteiger charge is -2.36. The Morgan fingerprint density at radius 2 is 1.48 bits per heavy atom. The lowest BCUT2D eigenvalue weighted by Crippen LogP contribution is -2.27. The molecule has 0 aliphatic heterocycles. The highest BCUT2D eigenvalue weighted by Gasteiger charge is 2.47. The number of hydrogen-bond donors (Lipinski definition) is 0. The Balaban J connectivity index is 1.48. The average molecular weight is 345 g/mol. The molecule has 0 aromatic heterocycles. The largest absolute Gasteiger partial charge is 0.0654 e. The van der Waals surface area contributed by atoms with E-state index in [-0.39, 0.29) is 0 Å². The number of hydrogen-bond acceptors (Lipinski definition) is 0. The van der Waals surface area contributed by atoms with E-state index in [0.29, 0.717) is 0 Å². The van der Waals surface area contributed by atoms with Crippen LogP contribution in [0.25, 0.3) is 0 Å². The summed E-state index contributed by atoms with van der Waals surface area (Å²) in [6.07, 6.45) is 23.4. The van der Waals surface area contributed by atoms with E-state index in [0.717, 1.165) is 47.3 Å². The molecule has 0 heteroatoms. The van der Waals surface area contributed by atoms with Gasteiger partial charge >= 0.3 is 0 Å². The molecule has 0 nitrogen and oxygen atoms in total. The maximum absolute atomic E-state index is 2.51. The summed E-state index contributed by atoms with van der Waals surface area (Å²) in [4.78, 5) is 0. The second-order valence-corrected chi connectivity index (χ2v) is 10.8. The van der Waals surface area contributed by atoms with Crippen LogP contribution in [-0.2, 0) is 0 Å². The Morgan fingerprint density at radius 3 is 2.16 bits per heavy atom. The zero-order valence-corrected chi connectivity index (χ0v) is 17.2. The van der Waals surface area contributed by atoms with Gasteiger partial charge in [0.15, 0.2) is 0 Å². The van der Waals surface area contributed by atoms with Crippen molar-refractivity contribution in [2.75, 3.05) is 0 Å². The third-order valence-corrected chi connectivity index (χ3v) is 9.28. The van der Waals surface area contributed by atoms with Gasteiger partial charge < -0.3 is 0 Å². The molecule has 7 unspecified atom stereocenters. The second kappa shape index (κ2) is 8.35. The van der Waals surface area contributed by atoms with Gasteiger partial charge in [-0.2, -0.15) is 0 Å². The molecule has 0 N–H and O–H groups in total. The maximum atomic E-state index is 2.51. The Bertz CT molecular complexity index is 406. The van der Waals surface area contributed by atoms with Crippen molar-refractivity contribution in [3.8, 4) is 0 Å². The predicted molar refractivity (Wildman–Crippen MR) is 109 cm³/mol. The number of fused-ring (bicyclic) bond motifs is 1. The van der Waals surface area contributed by atoms with Gasteiger partial charge in [-0.25, -0.2) is 0 Å². The van der Waals surface area contributed by atoms with Crippen molar-refractivity contribution in [1.29, 1.82) is 0 Å². The topological polar surface area (TPSA) is 0 Å². The van der Waals surface area contributed by atoms with Gasteiger partial charge in [-0.1, -0.05) is 78.1 Å². The lowest BCUT2D eigenvalue weighted by atomic mass is 9.69. The van der Waals surface area contributed by atoms with Crippen molar-refractivity contribution in [3.05, 3.63) is 0 Å². The van der Waals surface area contributed by atoms with Crippen LogP contribution < -0.4 is 0 Å². The summed E-state index contributed by atoms with van der Waals surface area (Å²) in [5, 5.41) is 0. The van der Waals surface area contributed by atoms with Crippen molar-refractivity contribution in [2.45, 2.75) is 110 Å². The molecule has 0 bridgehead atoms. The van der Waals surface area contributed by atoms with Gasteiger partial charge in [0.2, 0.25) is 0 Å². The molecule has 4 saturated carbocycles. The van der Waals surface area contributed by atoms with E-state index >= 15 is 0 Å². The van der Waals surface area contributed by atoms with E-state index < -0.39 is 0 Å². The molecule has 25 heavy (non-hydrogen) atoms. The van der Waals surface area contributed by atoms with E-state index in [4.69, 9.17) is 0 Å². The summed E-state index contributed by atoms with van der Waals surface area (Å²) in [5.41, 5.74) is 0. The van der Waals surface area contributed by atoms with Gasteiger partial charge in [0.1, 0.15) is 0 Å². The molecule has 4 fully saturated rings. The van der Waals surface area contributed by atoms with Gasteiger partial charge in [0.25, 0.3) is 0 Å². The minimum atomic E-state index is 1.01. The lowest BCUT2D eigenvalue weighted by molar-refractivity contribution is 0.137. The standard InChI is InChI=1S/C25H44/c1-3-8-20(21-14-13-18(2)15-21)16-25-23-12-7-6-11-22(23)17-24(25)19-9-4-5-10-19/h18-25H,3-17H2,1-2H3. The predicted octanol–water partition coefficient (Wildman–Crippen LogP) is 7.86. The first-order chi connectivity index (χ1) is 12.3. The van der Waals surface area contributed by atoms with Crippen LogP contribution in [0.1, 0.15) is 110 Å². The van der Waals surface area contributed by atoms with Crippen LogP contribution in [0, 0.1) is 47.3 Å². The van der Waals surface area contributed by atoms with E-state index in [9.17, 15) is 0 Å². The zero-order valence-electron chi connectivity index (χ0n) is 17.2. The van der Waals surface area contributed by atoms with Crippen molar-refractivity contribution in [2.24, 2.45) is 47.3 Å². The third-order valence-electron chi connectivity index (χ3n) is 9.28. The molecule has 4 aliphatic rings. The van der Waals surface area contributed by atoms with E-state index in [1.165, 1.54) is 19.3 Å². The van der Waals surface area contributed by atoms with Gasteiger partial charge in [0, 0.05) is 0 Å². The highest BCUT2D eigenvalue weighted by Crippen LogP contribution is 2.57. The summed E-state index contributed by atoms with van der Waals surface area (Å²) in [5.74, 6) is 8.83. The fraction of sp³-hybridized carbons (Fsp3) is 1.00. The first-order valence-electron chi connectivity index (χ1n) is 12.3. The molecule has 0 aromatic rings. The molecule has 4 rings (SSSR count). The average Bonchev–Trinajstić information content (AvgIpc) is 3.34. The molecule has 0 spiro atoms. The van der Waals surface area contributed by atoms with Gasteiger partial charge in [-0.15, -0.1) is 0 Å². The molecular weight excluding hydrogens is 300 g/mol. The normalized spacial score (nSPS) is 43.4. The van der Waals surface area contributed by atoms with Gasteiger partial charge in [-0.3, -0.25) is 0 Å². The SMILES string of the molecule is CCCC(CC1C2CCCCC2CC1C1CCCC1)C1CCC(C)C1. The summed E-state index contributed by atoms with van der Waals surface area (Å²) in [6.45, 7) is 4.95. The molecule has 0 heterocycles. The second-order valence-electron chi connectivity index (χ2n) is 10.8. The Kier molecular flexibility index (Phi) is 6.13. The van der Waals surface area contributed by atoms with Gasteiger partial charge in [0.05, 0.1) is 0 Å². The van der Waals surface area contributed by atoms with Crippen LogP contribution in [0.3, 0.4) is 0 Å².